The van der Waals surface area contributed by atoms with Gasteiger partial charge in [0.05, 0.1) is 19.2 Å². The number of methoxy groups -OCH3 is 2. The van der Waals surface area contributed by atoms with E-state index in [1.807, 2.05) is 0 Å². The van der Waals surface area contributed by atoms with Crippen molar-refractivity contribution in [3.63, 3.8) is 0 Å². The normalized spacial score (nSPS) is 9.07. The van der Waals surface area contributed by atoms with Crippen LogP contribution in [-0.4, -0.2) is 20.3 Å². The van der Waals surface area contributed by atoms with Gasteiger partial charge < -0.3 is 9.47 Å². The second kappa shape index (κ2) is 4.65. The second-order valence-electron chi connectivity index (χ2n) is 2.36. The summed E-state index contributed by atoms with van der Waals surface area (Å²) in [6, 6.07) is 3.03. The van der Waals surface area contributed by atoms with Gasteiger partial charge in [-0.2, -0.15) is 4.99 Å². The number of rotatable bonds is 3. The summed E-state index contributed by atoms with van der Waals surface area (Å²) in [5, 5.41) is 0.397. The molecule has 1 rings (SSSR count). The Balaban J connectivity index is 3.31. The molecule has 0 fully saturated rings. The Labute approximate surface area is 86.1 Å². The van der Waals surface area contributed by atoms with Crippen LogP contribution < -0.4 is 9.47 Å². The summed E-state index contributed by atoms with van der Waals surface area (Å²) in [6.07, 6.45) is 1.43. The molecule has 0 bridgehead atoms. The number of carbonyl (C=O) groups excluding carboxylic acids is 1. The van der Waals surface area contributed by atoms with Gasteiger partial charge in [0.15, 0.2) is 0 Å². The third-order valence-corrected chi connectivity index (χ3v) is 1.91. The number of ether oxygens (including phenoxy) is 2. The number of aliphatic imine (C=N–C) groups is 1. The largest absolute Gasteiger partial charge is 0.495 e. The van der Waals surface area contributed by atoms with E-state index in [-0.39, 0.29) is 0 Å². The van der Waals surface area contributed by atoms with Gasteiger partial charge >= 0.3 is 0 Å². The Bertz CT molecular complexity index is 386. The smallest absolute Gasteiger partial charge is 0.240 e. The minimum Gasteiger partial charge on any atom is -0.495 e. The highest BCUT2D eigenvalue weighted by atomic mass is 35.5. The zero-order valence-electron chi connectivity index (χ0n) is 7.70. The first-order valence-electron chi connectivity index (χ1n) is 3.72. The lowest BCUT2D eigenvalue weighted by atomic mass is 10.3. The molecule has 14 heavy (non-hydrogen) atoms. The van der Waals surface area contributed by atoms with E-state index in [0.29, 0.717) is 22.2 Å². The lowest BCUT2D eigenvalue weighted by molar-refractivity contribution is 0.404. The molecular formula is C9H8ClNO3. The van der Waals surface area contributed by atoms with Gasteiger partial charge in [0.2, 0.25) is 6.08 Å². The van der Waals surface area contributed by atoms with Crippen molar-refractivity contribution in [3.8, 4) is 11.5 Å². The highest BCUT2D eigenvalue weighted by Gasteiger charge is 2.08. The average Bonchev–Trinajstić information content (AvgIpc) is 2.20. The molecule has 4 nitrogen and oxygen atoms in total. The zero-order valence-corrected chi connectivity index (χ0v) is 8.46. The van der Waals surface area contributed by atoms with Crippen molar-refractivity contribution in [2.45, 2.75) is 0 Å². The zero-order chi connectivity index (χ0) is 10.6. The maximum Gasteiger partial charge on any atom is 0.240 e. The predicted molar refractivity (Wildman–Crippen MR) is 52.3 cm³/mol. The van der Waals surface area contributed by atoms with E-state index in [4.69, 9.17) is 21.1 Å². The molecule has 0 saturated heterocycles. The minimum absolute atomic E-state index is 0.337. The highest BCUT2D eigenvalue weighted by Crippen LogP contribution is 2.37. The average molecular weight is 214 g/mol. The Morgan fingerprint density at radius 3 is 2.43 bits per heavy atom. The number of nitrogens with zero attached hydrogens (tertiary/aromatic N) is 1. The van der Waals surface area contributed by atoms with Gasteiger partial charge in [0, 0.05) is 12.1 Å². The molecule has 0 aliphatic heterocycles. The fourth-order valence-electron chi connectivity index (χ4n) is 0.981. The second-order valence-corrected chi connectivity index (χ2v) is 2.77. The first-order valence-corrected chi connectivity index (χ1v) is 4.10. The summed E-state index contributed by atoms with van der Waals surface area (Å²) in [7, 11) is 2.93. The Kier molecular flexibility index (Phi) is 3.51. The van der Waals surface area contributed by atoms with Crippen molar-refractivity contribution in [1.29, 1.82) is 0 Å². The van der Waals surface area contributed by atoms with Crippen molar-refractivity contribution >= 4 is 23.4 Å². The fourth-order valence-corrected chi connectivity index (χ4v) is 1.21. The maximum atomic E-state index is 10.1. The van der Waals surface area contributed by atoms with Crippen molar-refractivity contribution < 1.29 is 14.3 Å². The molecule has 74 valence electrons. The molecule has 0 heterocycles. The van der Waals surface area contributed by atoms with Gasteiger partial charge in [-0.25, -0.2) is 4.79 Å². The molecule has 0 saturated carbocycles. The third kappa shape index (κ3) is 2.05. The van der Waals surface area contributed by atoms with E-state index < -0.39 is 0 Å². The Hall–Kier alpha value is -1.51. The quantitative estimate of drug-likeness (QED) is 0.572. The lowest BCUT2D eigenvalue weighted by Crippen LogP contribution is -1.88. The minimum atomic E-state index is 0.337. The van der Waals surface area contributed by atoms with E-state index in [0.717, 1.165) is 0 Å². The summed E-state index contributed by atoms with van der Waals surface area (Å²) >= 11 is 5.84. The van der Waals surface area contributed by atoms with E-state index in [1.165, 1.54) is 32.4 Å². The van der Waals surface area contributed by atoms with E-state index in [2.05, 4.69) is 4.99 Å². The van der Waals surface area contributed by atoms with Crippen LogP contribution in [0, 0.1) is 0 Å². The van der Waals surface area contributed by atoms with Crippen LogP contribution >= 0.6 is 11.6 Å². The SMILES string of the molecule is COc1cc(N=C=O)c(OC)cc1Cl. The first kappa shape index (κ1) is 10.6. The van der Waals surface area contributed by atoms with Gasteiger partial charge in [0.25, 0.3) is 0 Å². The van der Waals surface area contributed by atoms with E-state index in [1.54, 1.807) is 0 Å². The van der Waals surface area contributed by atoms with E-state index in [9.17, 15) is 4.79 Å². The Morgan fingerprint density at radius 1 is 1.29 bits per heavy atom. The van der Waals surface area contributed by atoms with E-state index >= 15 is 0 Å². The number of halogens is 1. The summed E-state index contributed by atoms with van der Waals surface area (Å²) in [4.78, 5) is 13.6. The van der Waals surface area contributed by atoms with Crippen LogP contribution in [0.5, 0.6) is 11.5 Å². The molecule has 0 amide bonds. The molecule has 0 spiro atoms. The summed E-state index contributed by atoms with van der Waals surface area (Å²) < 4.78 is 9.92. The van der Waals surface area contributed by atoms with Crippen LogP contribution in [0.25, 0.3) is 0 Å². The molecule has 0 aliphatic carbocycles. The topological polar surface area (TPSA) is 47.9 Å². The summed E-state index contributed by atoms with van der Waals surface area (Å²) in [5.41, 5.74) is 0.337. The summed E-state index contributed by atoms with van der Waals surface area (Å²) in [5.74, 6) is 0.834. The molecule has 0 atom stereocenters. The molecule has 0 radical (unpaired) electrons. The molecule has 0 aromatic heterocycles. The Morgan fingerprint density at radius 2 is 1.93 bits per heavy atom. The monoisotopic (exact) mass is 213 g/mol. The third-order valence-electron chi connectivity index (χ3n) is 1.62. The van der Waals surface area contributed by atoms with Gasteiger partial charge in [-0.1, -0.05) is 11.6 Å². The molecule has 5 heteroatoms. The molecule has 0 unspecified atom stereocenters. The number of isocyanates is 1. The van der Waals surface area contributed by atoms with Gasteiger partial charge in [-0.05, 0) is 0 Å². The molecule has 0 N–H and O–H groups in total. The first-order chi connectivity index (χ1) is 6.72. The molecule has 0 aliphatic rings. The maximum absolute atomic E-state index is 10.1. The molecule has 1 aromatic carbocycles. The molecular weight excluding hydrogens is 206 g/mol. The van der Waals surface area contributed by atoms with Crippen LogP contribution in [0.15, 0.2) is 17.1 Å². The fraction of sp³-hybridized carbons (Fsp3) is 0.222. The van der Waals surface area contributed by atoms with Gasteiger partial charge in [0.1, 0.15) is 17.2 Å². The van der Waals surface area contributed by atoms with Gasteiger partial charge in [-0.15, -0.1) is 0 Å². The molecule has 1 aromatic rings. The van der Waals surface area contributed by atoms with Crippen molar-refractivity contribution in [2.24, 2.45) is 4.99 Å². The number of hydrogen-bond donors (Lipinski definition) is 0. The van der Waals surface area contributed by atoms with Crippen molar-refractivity contribution in [1.82, 2.24) is 0 Å². The van der Waals surface area contributed by atoms with Crippen molar-refractivity contribution in [2.75, 3.05) is 14.2 Å². The van der Waals surface area contributed by atoms with Crippen LogP contribution in [-0.2, 0) is 4.79 Å². The number of hydrogen-bond acceptors (Lipinski definition) is 4. The lowest BCUT2D eigenvalue weighted by Gasteiger charge is -2.07. The standard InChI is InChI=1S/C9H8ClNO3/c1-13-8-4-7(11-5-12)9(14-2)3-6(8)10/h3-4H,1-2H3. The van der Waals surface area contributed by atoms with Gasteiger partial charge in [-0.3, -0.25) is 0 Å². The van der Waals surface area contributed by atoms with Crippen molar-refractivity contribution in [3.05, 3.63) is 17.2 Å². The number of benzene rings is 1. The summed E-state index contributed by atoms with van der Waals surface area (Å²) in [6.45, 7) is 0. The van der Waals surface area contributed by atoms with Crippen LogP contribution in [0.4, 0.5) is 5.69 Å². The van der Waals surface area contributed by atoms with Crippen LogP contribution in [0.1, 0.15) is 0 Å². The predicted octanol–water partition coefficient (Wildman–Crippen LogP) is 2.32. The van der Waals surface area contributed by atoms with Crippen LogP contribution in [0.3, 0.4) is 0 Å². The highest BCUT2D eigenvalue weighted by molar-refractivity contribution is 6.32. The van der Waals surface area contributed by atoms with Crippen LogP contribution in [0.2, 0.25) is 5.02 Å².